The van der Waals surface area contributed by atoms with Gasteiger partial charge in [0.25, 0.3) is 0 Å². The molecule has 1 aromatic carbocycles. The predicted molar refractivity (Wildman–Crippen MR) is 95.9 cm³/mol. The highest BCUT2D eigenvalue weighted by atomic mass is 15.3. The molecular weight excluding hydrogens is 300 g/mol. The minimum absolute atomic E-state index is 0.570. The predicted octanol–water partition coefficient (Wildman–Crippen LogP) is 1.91. The third-order valence-corrected chi connectivity index (χ3v) is 4.19. The van der Waals surface area contributed by atoms with Gasteiger partial charge in [0.1, 0.15) is 12.4 Å². The Hall–Kier alpha value is -2.37. The van der Waals surface area contributed by atoms with Gasteiger partial charge in [-0.25, -0.2) is 4.99 Å². The Bertz CT molecular complexity index is 661. The lowest BCUT2D eigenvalue weighted by Crippen LogP contribution is -2.38. The van der Waals surface area contributed by atoms with E-state index in [0.717, 1.165) is 56.5 Å². The first-order chi connectivity index (χ1) is 11.9. The minimum atomic E-state index is 0.570. The first-order valence-corrected chi connectivity index (χ1v) is 8.84. The van der Waals surface area contributed by atoms with Gasteiger partial charge in [0.15, 0.2) is 11.8 Å². The number of fused-ring (bicyclic) bond motifs is 1. The summed E-state index contributed by atoms with van der Waals surface area (Å²) in [6.07, 6.45) is 4.35. The molecule has 2 heterocycles. The molecule has 24 heavy (non-hydrogen) atoms. The van der Waals surface area contributed by atoms with E-state index >= 15 is 0 Å². The van der Waals surface area contributed by atoms with Crippen molar-refractivity contribution in [1.82, 2.24) is 25.4 Å². The van der Waals surface area contributed by atoms with Crippen LogP contribution >= 0.6 is 0 Å². The number of aliphatic imine (C=N–C) groups is 1. The number of nitrogens with zero attached hydrogens (tertiary/aromatic N) is 4. The van der Waals surface area contributed by atoms with Crippen molar-refractivity contribution in [3.8, 4) is 0 Å². The molecule has 0 saturated heterocycles. The molecule has 2 N–H and O–H groups in total. The van der Waals surface area contributed by atoms with Gasteiger partial charge >= 0.3 is 0 Å². The average molecular weight is 326 g/mol. The molecule has 0 fully saturated rings. The van der Waals surface area contributed by atoms with Crippen molar-refractivity contribution in [3.05, 3.63) is 47.5 Å². The minimum Gasteiger partial charge on any atom is -0.357 e. The van der Waals surface area contributed by atoms with Crippen molar-refractivity contribution in [3.63, 3.8) is 0 Å². The van der Waals surface area contributed by atoms with Gasteiger partial charge in [-0.1, -0.05) is 30.3 Å². The van der Waals surface area contributed by atoms with E-state index in [9.17, 15) is 0 Å². The summed E-state index contributed by atoms with van der Waals surface area (Å²) in [6.45, 7) is 5.42. The van der Waals surface area contributed by atoms with Gasteiger partial charge in [0.2, 0.25) is 0 Å². The molecule has 0 aliphatic carbocycles. The van der Waals surface area contributed by atoms with Crippen molar-refractivity contribution < 1.29 is 0 Å². The lowest BCUT2D eigenvalue weighted by atomic mass is 10.1. The Morgan fingerprint density at radius 1 is 1.21 bits per heavy atom. The Balaban J connectivity index is 1.48. The van der Waals surface area contributed by atoms with E-state index in [0.29, 0.717) is 6.54 Å². The molecule has 6 heteroatoms. The van der Waals surface area contributed by atoms with Crippen LogP contribution in [-0.4, -0.2) is 33.8 Å². The van der Waals surface area contributed by atoms with E-state index in [-0.39, 0.29) is 0 Å². The van der Waals surface area contributed by atoms with Crippen LogP contribution in [0.4, 0.5) is 0 Å². The topological polar surface area (TPSA) is 67.1 Å². The number of rotatable bonds is 7. The molecule has 0 amide bonds. The van der Waals surface area contributed by atoms with Gasteiger partial charge in [-0.3, -0.25) is 0 Å². The first-order valence-electron chi connectivity index (χ1n) is 8.84. The lowest BCUT2D eigenvalue weighted by Gasteiger charge is -2.11. The van der Waals surface area contributed by atoms with Crippen molar-refractivity contribution in [2.45, 2.75) is 45.7 Å². The highest BCUT2D eigenvalue weighted by molar-refractivity contribution is 5.79. The van der Waals surface area contributed by atoms with Crippen LogP contribution in [0, 0.1) is 0 Å². The zero-order chi connectivity index (χ0) is 16.6. The van der Waals surface area contributed by atoms with Crippen molar-refractivity contribution in [2.75, 3.05) is 13.1 Å². The van der Waals surface area contributed by atoms with Crippen LogP contribution in [0.1, 0.15) is 37.0 Å². The third-order valence-electron chi connectivity index (χ3n) is 4.19. The van der Waals surface area contributed by atoms with Crippen LogP contribution in [0.15, 0.2) is 35.3 Å². The van der Waals surface area contributed by atoms with Crippen molar-refractivity contribution in [2.24, 2.45) is 4.99 Å². The number of aryl methyl sites for hydroxylation is 2. The van der Waals surface area contributed by atoms with E-state index in [1.54, 1.807) is 0 Å². The third kappa shape index (κ3) is 4.34. The summed E-state index contributed by atoms with van der Waals surface area (Å²) >= 11 is 0. The van der Waals surface area contributed by atoms with E-state index in [1.165, 1.54) is 12.0 Å². The Morgan fingerprint density at radius 3 is 2.92 bits per heavy atom. The van der Waals surface area contributed by atoms with E-state index in [4.69, 9.17) is 0 Å². The van der Waals surface area contributed by atoms with Crippen LogP contribution in [0.2, 0.25) is 0 Å². The molecule has 2 aromatic rings. The number of hydrogen-bond donors (Lipinski definition) is 2. The number of guanidine groups is 1. The fourth-order valence-electron chi connectivity index (χ4n) is 2.96. The number of aromatic nitrogens is 3. The summed E-state index contributed by atoms with van der Waals surface area (Å²) in [7, 11) is 0. The van der Waals surface area contributed by atoms with Gasteiger partial charge in [0, 0.05) is 26.1 Å². The molecule has 6 nitrogen and oxygen atoms in total. The second-order valence-corrected chi connectivity index (χ2v) is 6.00. The molecule has 0 atom stereocenters. The molecular formula is C18H26N6. The van der Waals surface area contributed by atoms with Crippen LogP contribution in [-0.2, 0) is 25.9 Å². The zero-order valence-electron chi connectivity index (χ0n) is 14.3. The highest BCUT2D eigenvalue weighted by Crippen LogP contribution is 2.14. The fourth-order valence-corrected chi connectivity index (χ4v) is 2.96. The number of nitrogens with one attached hydrogen (secondary N) is 2. The molecule has 0 radical (unpaired) electrons. The lowest BCUT2D eigenvalue weighted by molar-refractivity contribution is 0.682. The quantitative estimate of drug-likeness (QED) is 0.463. The van der Waals surface area contributed by atoms with Crippen molar-refractivity contribution in [1.29, 1.82) is 0 Å². The summed E-state index contributed by atoms with van der Waals surface area (Å²) in [6, 6.07) is 10.6. The maximum Gasteiger partial charge on any atom is 0.191 e. The van der Waals surface area contributed by atoms with Crippen LogP contribution in [0.3, 0.4) is 0 Å². The summed E-state index contributed by atoms with van der Waals surface area (Å²) in [5, 5.41) is 15.2. The normalized spacial score (nSPS) is 13.8. The fraction of sp³-hybridized carbons (Fsp3) is 0.500. The van der Waals surface area contributed by atoms with Gasteiger partial charge in [-0.2, -0.15) is 0 Å². The Kier molecular flexibility index (Phi) is 5.82. The molecule has 0 bridgehead atoms. The second-order valence-electron chi connectivity index (χ2n) is 6.00. The largest absolute Gasteiger partial charge is 0.357 e. The molecule has 1 aliphatic rings. The van der Waals surface area contributed by atoms with E-state index < -0.39 is 0 Å². The smallest absolute Gasteiger partial charge is 0.191 e. The first kappa shape index (κ1) is 16.5. The number of benzene rings is 1. The Labute approximate surface area is 143 Å². The molecule has 3 rings (SSSR count). The maximum atomic E-state index is 4.65. The van der Waals surface area contributed by atoms with Crippen LogP contribution in [0.5, 0.6) is 0 Å². The molecule has 128 valence electrons. The van der Waals surface area contributed by atoms with Crippen molar-refractivity contribution >= 4 is 5.96 Å². The monoisotopic (exact) mass is 326 g/mol. The van der Waals surface area contributed by atoms with Gasteiger partial charge in [-0.05, 0) is 31.7 Å². The standard InChI is InChI=1S/C18H26N6/c1-2-19-18(20-12-6-10-15-8-4-3-5-9-15)21-14-17-23-22-16-11-7-13-24(16)17/h3-5,8-9H,2,6-7,10-14H2,1H3,(H2,19,20,21). The van der Waals surface area contributed by atoms with Crippen LogP contribution < -0.4 is 10.6 Å². The second kappa shape index (κ2) is 8.47. The van der Waals surface area contributed by atoms with Gasteiger partial charge < -0.3 is 15.2 Å². The summed E-state index contributed by atoms with van der Waals surface area (Å²) in [5.41, 5.74) is 1.38. The van der Waals surface area contributed by atoms with E-state index in [1.807, 2.05) is 0 Å². The Morgan fingerprint density at radius 2 is 2.08 bits per heavy atom. The summed E-state index contributed by atoms with van der Waals surface area (Å²) in [5.74, 6) is 2.91. The molecule has 1 aromatic heterocycles. The van der Waals surface area contributed by atoms with Crippen LogP contribution in [0.25, 0.3) is 0 Å². The number of hydrogen-bond acceptors (Lipinski definition) is 3. The van der Waals surface area contributed by atoms with Gasteiger partial charge in [0.05, 0.1) is 0 Å². The highest BCUT2D eigenvalue weighted by Gasteiger charge is 2.16. The van der Waals surface area contributed by atoms with E-state index in [2.05, 4.69) is 67.6 Å². The molecule has 0 unspecified atom stereocenters. The summed E-state index contributed by atoms with van der Waals surface area (Å²) < 4.78 is 2.20. The molecule has 0 saturated carbocycles. The zero-order valence-corrected chi connectivity index (χ0v) is 14.3. The molecule has 1 aliphatic heterocycles. The maximum absolute atomic E-state index is 4.65. The SMILES string of the molecule is CCNC(=NCc1nnc2n1CCC2)NCCCc1ccccc1. The summed E-state index contributed by atoms with van der Waals surface area (Å²) in [4.78, 5) is 4.65. The van der Waals surface area contributed by atoms with Gasteiger partial charge in [-0.15, -0.1) is 10.2 Å². The molecule has 0 spiro atoms. The average Bonchev–Trinajstić information content (AvgIpc) is 3.21.